The summed E-state index contributed by atoms with van der Waals surface area (Å²) in [6.07, 6.45) is 0. The van der Waals surface area contributed by atoms with E-state index < -0.39 is 10.0 Å². The fraction of sp³-hybridized carbons (Fsp3) is 0.176. The van der Waals surface area contributed by atoms with Crippen molar-refractivity contribution in [1.29, 1.82) is 5.26 Å². The first kappa shape index (κ1) is 17.0. The number of imidazole rings is 1. The summed E-state index contributed by atoms with van der Waals surface area (Å²) in [6, 6.07) is 14.0. The second-order valence-corrected chi connectivity index (χ2v) is 7.21. The molecule has 8 heteroatoms. The summed E-state index contributed by atoms with van der Waals surface area (Å²) >= 11 is 0. The minimum atomic E-state index is -3.51. The Labute approximate surface area is 145 Å². The molecule has 0 bridgehead atoms. The number of aromatic nitrogens is 2. The van der Waals surface area contributed by atoms with E-state index in [9.17, 15) is 8.42 Å². The molecule has 3 rings (SSSR count). The molecule has 25 heavy (non-hydrogen) atoms. The number of ether oxygens (including phenoxy) is 1. The lowest BCUT2D eigenvalue weighted by Crippen LogP contribution is -2.18. The van der Waals surface area contributed by atoms with E-state index >= 15 is 0 Å². The highest BCUT2D eigenvalue weighted by atomic mass is 32.2. The molecule has 0 aliphatic heterocycles. The summed E-state index contributed by atoms with van der Waals surface area (Å²) < 4.78 is 33.3. The van der Waals surface area contributed by atoms with Crippen molar-refractivity contribution in [3.05, 3.63) is 42.5 Å². The molecule has 2 aromatic carbocycles. The third-order valence-corrected chi connectivity index (χ3v) is 5.26. The number of nitrogens with one attached hydrogen (secondary N) is 1. The number of hydrogen-bond donors (Lipinski definition) is 1. The van der Waals surface area contributed by atoms with Gasteiger partial charge in [0.1, 0.15) is 17.6 Å². The third-order valence-electron chi connectivity index (χ3n) is 3.85. The van der Waals surface area contributed by atoms with Crippen LogP contribution in [0.15, 0.2) is 47.4 Å². The first-order chi connectivity index (χ1) is 12.0. The Morgan fingerprint density at radius 1 is 1.24 bits per heavy atom. The van der Waals surface area contributed by atoms with Gasteiger partial charge in [0.2, 0.25) is 10.0 Å². The molecule has 0 aliphatic rings. The van der Waals surface area contributed by atoms with Gasteiger partial charge in [-0.15, -0.1) is 0 Å². The number of aryl methyl sites for hydroxylation is 1. The lowest BCUT2D eigenvalue weighted by Gasteiger charge is -2.05. The molecule has 1 aromatic heterocycles. The Balaban J connectivity index is 2.03. The fourth-order valence-corrected chi connectivity index (χ4v) is 3.29. The van der Waals surface area contributed by atoms with Gasteiger partial charge in [0.25, 0.3) is 0 Å². The fourth-order valence-electron chi connectivity index (χ4n) is 2.54. The minimum Gasteiger partial charge on any atom is -0.479 e. The Hall–Kier alpha value is -2.89. The van der Waals surface area contributed by atoms with E-state index in [1.807, 2.05) is 29.8 Å². The molecule has 1 N–H and O–H groups in total. The van der Waals surface area contributed by atoms with E-state index in [1.54, 1.807) is 30.3 Å². The van der Waals surface area contributed by atoms with Crippen LogP contribution >= 0.6 is 0 Å². The number of sulfonamides is 1. The van der Waals surface area contributed by atoms with Gasteiger partial charge in [0, 0.05) is 12.6 Å². The molecule has 1 heterocycles. The second kappa shape index (κ2) is 6.55. The Morgan fingerprint density at radius 3 is 2.60 bits per heavy atom. The van der Waals surface area contributed by atoms with Crippen molar-refractivity contribution in [3.8, 4) is 23.2 Å². The molecular weight excluding hydrogens is 340 g/mol. The molecule has 128 valence electrons. The smallest absolute Gasteiger partial charge is 0.240 e. The van der Waals surface area contributed by atoms with Gasteiger partial charge >= 0.3 is 0 Å². The zero-order valence-electron chi connectivity index (χ0n) is 13.7. The average molecular weight is 356 g/mol. The highest BCUT2D eigenvalue weighted by molar-refractivity contribution is 7.89. The number of rotatable bonds is 5. The third kappa shape index (κ3) is 3.20. The zero-order valence-corrected chi connectivity index (χ0v) is 14.5. The van der Waals surface area contributed by atoms with Gasteiger partial charge in [0.05, 0.1) is 15.9 Å². The van der Waals surface area contributed by atoms with E-state index in [0.717, 1.165) is 11.1 Å². The number of nitrogens with zero attached hydrogens (tertiary/aromatic N) is 3. The topological polar surface area (TPSA) is 97.0 Å². The summed E-state index contributed by atoms with van der Waals surface area (Å²) in [5, 5.41) is 8.54. The van der Waals surface area contributed by atoms with Gasteiger partial charge in [-0.1, -0.05) is 0 Å². The van der Waals surface area contributed by atoms with Gasteiger partial charge in [0.15, 0.2) is 6.61 Å². The van der Waals surface area contributed by atoms with E-state index in [0.29, 0.717) is 17.1 Å². The molecule has 0 amide bonds. The standard InChI is InChI=1S/C17H16N4O3S/c1-19-25(22,23)14-7-8-16-15(11-14)20-17(21(16)2)12-3-5-13(6-4-12)24-10-9-18/h3-8,11,19H,10H2,1-2H3. The number of benzene rings is 2. The summed E-state index contributed by atoms with van der Waals surface area (Å²) in [5.74, 6) is 1.31. The van der Waals surface area contributed by atoms with Crippen LogP contribution in [0.1, 0.15) is 0 Å². The van der Waals surface area contributed by atoms with Crippen molar-refractivity contribution in [2.24, 2.45) is 7.05 Å². The van der Waals surface area contributed by atoms with Crippen LogP contribution in [0.4, 0.5) is 0 Å². The quantitative estimate of drug-likeness (QED) is 0.755. The molecule has 0 spiro atoms. The summed E-state index contributed by atoms with van der Waals surface area (Å²) in [5.41, 5.74) is 2.29. The van der Waals surface area contributed by atoms with Gasteiger partial charge in [-0.2, -0.15) is 5.26 Å². The Morgan fingerprint density at radius 2 is 1.96 bits per heavy atom. The summed E-state index contributed by atoms with van der Waals surface area (Å²) in [6.45, 7) is -0.00560. The number of hydrogen-bond acceptors (Lipinski definition) is 5. The molecule has 7 nitrogen and oxygen atoms in total. The SMILES string of the molecule is CNS(=O)(=O)c1ccc2c(c1)nc(-c1ccc(OCC#N)cc1)n2C. The van der Waals surface area contributed by atoms with Crippen molar-refractivity contribution in [3.63, 3.8) is 0 Å². The average Bonchev–Trinajstić information content (AvgIpc) is 2.96. The van der Waals surface area contributed by atoms with Crippen molar-refractivity contribution >= 4 is 21.1 Å². The Bertz CT molecular complexity index is 1060. The van der Waals surface area contributed by atoms with Crippen molar-refractivity contribution in [1.82, 2.24) is 14.3 Å². The first-order valence-electron chi connectivity index (χ1n) is 7.46. The zero-order chi connectivity index (χ0) is 18.0. The van der Waals surface area contributed by atoms with Crippen LogP contribution in [0.2, 0.25) is 0 Å². The van der Waals surface area contributed by atoms with Crippen LogP contribution in [0, 0.1) is 11.3 Å². The maximum absolute atomic E-state index is 11.9. The largest absolute Gasteiger partial charge is 0.479 e. The van der Waals surface area contributed by atoms with Crippen molar-refractivity contribution < 1.29 is 13.2 Å². The monoisotopic (exact) mass is 356 g/mol. The molecule has 0 radical (unpaired) electrons. The van der Waals surface area contributed by atoms with E-state index in [1.165, 1.54) is 7.05 Å². The predicted octanol–water partition coefficient (Wildman–Crippen LogP) is 2.05. The van der Waals surface area contributed by atoms with Crippen molar-refractivity contribution in [2.75, 3.05) is 13.7 Å². The Kier molecular flexibility index (Phi) is 4.44. The number of fused-ring (bicyclic) bond motifs is 1. The molecular formula is C17H16N4O3S. The summed E-state index contributed by atoms with van der Waals surface area (Å²) in [7, 11) is -0.268. The van der Waals surface area contributed by atoms with E-state index in [4.69, 9.17) is 10.00 Å². The molecule has 0 aliphatic carbocycles. The number of nitriles is 1. The van der Waals surface area contributed by atoms with Gasteiger partial charge in [-0.25, -0.2) is 18.1 Å². The normalized spacial score (nSPS) is 11.4. The van der Waals surface area contributed by atoms with Crippen LogP contribution < -0.4 is 9.46 Å². The highest BCUT2D eigenvalue weighted by Crippen LogP contribution is 2.26. The van der Waals surface area contributed by atoms with Gasteiger partial charge in [-0.3, -0.25) is 0 Å². The van der Waals surface area contributed by atoms with Crippen LogP contribution in [0.25, 0.3) is 22.4 Å². The van der Waals surface area contributed by atoms with E-state index in [-0.39, 0.29) is 11.5 Å². The van der Waals surface area contributed by atoms with Gasteiger partial charge < -0.3 is 9.30 Å². The summed E-state index contributed by atoms with van der Waals surface area (Å²) in [4.78, 5) is 4.73. The lowest BCUT2D eigenvalue weighted by atomic mass is 10.2. The van der Waals surface area contributed by atoms with Gasteiger partial charge in [-0.05, 0) is 49.5 Å². The van der Waals surface area contributed by atoms with Crippen LogP contribution in [0.3, 0.4) is 0 Å². The molecule has 3 aromatic rings. The molecule has 0 saturated heterocycles. The first-order valence-corrected chi connectivity index (χ1v) is 8.95. The molecule has 0 saturated carbocycles. The van der Waals surface area contributed by atoms with Crippen LogP contribution in [-0.4, -0.2) is 31.6 Å². The second-order valence-electron chi connectivity index (χ2n) is 5.32. The van der Waals surface area contributed by atoms with Crippen LogP contribution in [0.5, 0.6) is 5.75 Å². The van der Waals surface area contributed by atoms with Crippen molar-refractivity contribution in [2.45, 2.75) is 4.90 Å². The molecule has 0 atom stereocenters. The molecule has 0 unspecified atom stereocenters. The lowest BCUT2D eigenvalue weighted by molar-refractivity contribution is 0.368. The van der Waals surface area contributed by atoms with E-state index in [2.05, 4.69) is 9.71 Å². The predicted molar refractivity (Wildman–Crippen MR) is 93.5 cm³/mol. The highest BCUT2D eigenvalue weighted by Gasteiger charge is 2.15. The maximum atomic E-state index is 11.9. The van der Waals surface area contributed by atoms with Crippen LogP contribution in [-0.2, 0) is 17.1 Å². The maximum Gasteiger partial charge on any atom is 0.240 e. The molecule has 0 fully saturated rings. The minimum absolute atomic E-state index is 0.00560.